The summed E-state index contributed by atoms with van der Waals surface area (Å²) in [4.78, 5) is 19.1. The van der Waals surface area contributed by atoms with E-state index in [0.717, 1.165) is 21.3 Å². The minimum absolute atomic E-state index is 0.0554. The van der Waals surface area contributed by atoms with Crippen molar-refractivity contribution >= 4 is 21.6 Å². The summed E-state index contributed by atoms with van der Waals surface area (Å²) in [6.45, 7) is 8.96. The summed E-state index contributed by atoms with van der Waals surface area (Å²) >= 11 is 1.59. The second-order valence-corrected chi connectivity index (χ2v) is 7.24. The topological polar surface area (TPSA) is 34.9 Å². The van der Waals surface area contributed by atoms with Crippen molar-refractivity contribution < 1.29 is 0 Å². The van der Waals surface area contributed by atoms with E-state index >= 15 is 0 Å². The summed E-state index contributed by atoms with van der Waals surface area (Å²) in [5.41, 5.74) is 3.55. The van der Waals surface area contributed by atoms with Crippen molar-refractivity contribution in [3.8, 4) is 0 Å². The van der Waals surface area contributed by atoms with Gasteiger partial charge in [0, 0.05) is 4.88 Å². The van der Waals surface area contributed by atoms with Crippen LogP contribution in [0.3, 0.4) is 0 Å². The van der Waals surface area contributed by atoms with Gasteiger partial charge >= 0.3 is 0 Å². The molecule has 0 aliphatic heterocycles. The van der Waals surface area contributed by atoms with E-state index < -0.39 is 0 Å². The van der Waals surface area contributed by atoms with Crippen LogP contribution in [0.2, 0.25) is 0 Å². The number of aryl methyl sites for hydroxylation is 2. The Morgan fingerprint density at radius 3 is 2.50 bits per heavy atom. The van der Waals surface area contributed by atoms with E-state index in [0.29, 0.717) is 12.5 Å². The lowest BCUT2D eigenvalue weighted by atomic mass is 10.0. The molecule has 0 atom stereocenters. The molecule has 0 aliphatic carbocycles. The zero-order valence-corrected chi connectivity index (χ0v) is 14.2. The second-order valence-electron chi connectivity index (χ2n) is 6.04. The summed E-state index contributed by atoms with van der Waals surface area (Å²) in [6, 6.07) is 8.46. The zero-order valence-electron chi connectivity index (χ0n) is 13.4. The van der Waals surface area contributed by atoms with Gasteiger partial charge in [0.25, 0.3) is 5.56 Å². The quantitative estimate of drug-likeness (QED) is 0.725. The third-order valence-electron chi connectivity index (χ3n) is 4.16. The molecule has 0 aliphatic rings. The number of hydrogen-bond acceptors (Lipinski definition) is 3. The fourth-order valence-electron chi connectivity index (χ4n) is 2.59. The molecule has 0 N–H and O–H groups in total. The van der Waals surface area contributed by atoms with Gasteiger partial charge in [-0.1, -0.05) is 38.1 Å². The van der Waals surface area contributed by atoms with E-state index in [1.54, 1.807) is 22.2 Å². The smallest absolute Gasteiger partial charge is 0.262 e. The van der Waals surface area contributed by atoms with Gasteiger partial charge in [-0.3, -0.25) is 9.36 Å². The van der Waals surface area contributed by atoms with Crippen LogP contribution in [-0.4, -0.2) is 9.55 Å². The van der Waals surface area contributed by atoms with Gasteiger partial charge in [-0.15, -0.1) is 11.3 Å². The van der Waals surface area contributed by atoms with Gasteiger partial charge in [0.05, 0.1) is 18.3 Å². The molecule has 0 spiro atoms. The van der Waals surface area contributed by atoms with Gasteiger partial charge in [0.2, 0.25) is 0 Å². The highest BCUT2D eigenvalue weighted by atomic mass is 32.1. The fourth-order valence-corrected chi connectivity index (χ4v) is 3.57. The number of nitrogens with zero attached hydrogens (tertiary/aromatic N) is 2. The molecule has 114 valence electrons. The van der Waals surface area contributed by atoms with Crippen molar-refractivity contribution in [3.05, 3.63) is 62.5 Å². The van der Waals surface area contributed by atoms with Crippen LogP contribution in [0.1, 0.15) is 41.3 Å². The maximum Gasteiger partial charge on any atom is 0.262 e. The first-order valence-electron chi connectivity index (χ1n) is 7.51. The molecule has 3 aromatic rings. The SMILES string of the molecule is Cc1sc2ncn(Cc3ccc(C(C)C)cc3)c(=O)c2c1C. The predicted molar refractivity (Wildman–Crippen MR) is 93.0 cm³/mol. The largest absolute Gasteiger partial charge is 0.294 e. The van der Waals surface area contributed by atoms with E-state index in [1.807, 2.05) is 13.8 Å². The van der Waals surface area contributed by atoms with E-state index in [-0.39, 0.29) is 5.56 Å². The first-order valence-corrected chi connectivity index (χ1v) is 8.33. The lowest BCUT2D eigenvalue weighted by Crippen LogP contribution is -2.21. The normalized spacial score (nSPS) is 11.5. The standard InChI is InChI=1S/C18H20N2OS/c1-11(2)15-7-5-14(6-8-15)9-20-10-19-17-16(18(20)21)12(3)13(4)22-17/h5-8,10-11H,9H2,1-4H3. The number of aromatic nitrogens is 2. The van der Waals surface area contributed by atoms with Gasteiger partial charge in [-0.2, -0.15) is 0 Å². The minimum atomic E-state index is 0.0554. The maximum atomic E-state index is 12.7. The number of hydrogen-bond donors (Lipinski definition) is 0. The lowest BCUT2D eigenvalue weighted by molar-refractivity contribution is 0.747. The van der Waals surface area contributed by atoms with Crippen LogP contribution >= 0.6 is 11.3 Å². The monoisotopic (exact) mass is 312 g/mol. The molecular weight excluding hydrogens is 292 g/mol. The molecule has 4 heteroatoms. The Morgan fingerprint density at radius 2 is 1.86 bits per heavy atom. The Labute approximate surface area is 134 Å². The molecule has 0 radical (unpaired) electrons. The molecule has 0 saturated carbocycles. The molecule has 0 fully saturated rings. The van der Waals surface area contributed by atoms with E-state index in [2.05, 4.69) is 43.1 Å². The van der Waals surface area contributed by atoms with Crippen LogP contribution in [-0.2, 0) is 6.54 Å². The minimum Gasteiger partial charge on any atom is -0.294 e. The number of benzene rings is 1. The van der Waals surface area contributed by atoms with Crippen molar-refractivity contribution in [1.29, 1.82) is 0 Å². The van der Waals surface area contributed by atoms with E-state index in [9.17, 15) is 4.79 Å². The highest BCUT2D eigenvalue weighted by molar-refractivity contribution is 7.18. The van der Waals surface area contributed by atoms with Gasteiger partial charge < -0.3 is 0 Å². The fraction of sp³-hybridized carbons (Fsp3) is 0.333. The summed E-state index contributed by atoms with van der Waals surface area (Å²) in [7, 11) is 0. The lowest BCUT2D eigenvalue weighted by Gasteiger charge is -2.08. The van der Waals surface area contributed by atoms with Crippen molar-refractivity contribution in [2.45, 2.75) is 40.2 Å². The Kier molecular flexibility index (Phi) is 3.87. The van der Waals surface area contributed by atoms with Crippen molar-refractivity contribution in [2.24, 2.45) is 0 Å². The van der Waals surface area contributed by atoms with Gasteiger partial charge in [0.15, 0.2) is 0 Å². The summed E-state index contributed by atoms with van der Waals surface area (Å²) < 4.78 is 1.70. The summed E-state index contributed by atoms with van der Waals surface area (Å²) in [5.74, 6) is 0.520. The number of fused-ring (bicyclic) bond motifs is 1. The molecule has 0 bridgehead atoms. The molecule has 1 aromatic carbocycles. The number of rotatable bonds is 3. The molecule has 22 heavy (non-hydrogen) atoms. The second kappa shape index (κ2) is 5.69. The Morgan fingerprint density at radius 1 is 1.18 bits per heavy atom. The summed E-state index contributed by atoms with van der Waals surface area (Å²) in [5, 5.41) is 0.767. The van der Waals surface area contributed by atoms with E-state index in [1.165, 1.54) is 10.4 Å². The highest BCUT2D eigenvalue weighted by Crippen LogP contribution is 2.25. The van der Waals surface area contributed by atoms with E-state index in [4.69, 9.17) is 0 Å². The third-order valence-corrected chi connectivity index (χ3v) is 5.27. The average Bonchev–Trinajstić information content (AvgIpc) is 2.78. The Balaban J connectivity index is 1.99. The molecule has 0 saturated heterocycles. The molecule has 3 nitrogen and oxygen atoms in total. The third kappa shape index (κ3) is 2.59. The average molecular weight is 312 g/mol. The number of thiophene rings is 1. The van der Waals surface area contributed by atoms with Crippen LogP contribution in [0.5, 0.6) is 0 Å². The summed E-state index contributed by atoms with van der Waals surface area (Å²) in [6.07, 6.45) is 1.66. The van der Waals surface area contributed by atoms with Gasteiger partial charge in [-0.05, 0) is 36.5 Å². The van der Waals surface area contributed by atoms with Gasteiger partial charge in [-0.25, -0.2) is 4.98 Å². The molecular formula is C18H20N2OS. The highest BCUT2D eigenvalue weighted by Gasteiger charge is 2.12. The molecule has 2 heterocycles. The van der Waals surface area contributed by atoms with Crippen LogP contribution < -0.4 is 5.56 Å². The zero-order chi connectivity index (χ0) is 15.9. The maximum absolute atomic E-state index is 12.7. The molecule has 2 aromatic heterocycles. The molecule has 0 unspecified atom stereocenters. The van der Waals surface area contributed by atoms with Crippen molar-refractivity contribution in [3.63, 3.8) is 0 Å². The van der Waals surface area contributed by atoms with Crippen LogP contribution in [0, 0.1) is 13.8 Å². The first kappa shape index (κ1) is 15.0. The molecule has 0 amide bonds. The first-order chi connectivity index (χ1) is 10.5. The van der Waals surface area contributed by atoms with Crippen LogP contribution in [0.15, 0.2) is 35.4 Å². The Bertz CT molecular complexity index is 872. The van der Waals surface area contributed by atoms with Crippen LogP contribution in [0.25, 0.3) is 10.2 Å². The predicted octanol–water partition coefficient (Wildman–Crippen LogP) is 4.25. The van der Waals surface area contributed by atoms with Crippen LogP contribution in [0.4, 0.5) is 0 Å². The van der Waals surface area contributed by atoms with Gasteiger partial charge in [0.1, 0.15) is 4.83 Å². The van der Waals surface area contributed by atoms with Crippen molar-refractivity contribution in [2.75, 3.05) is 0 Å². The molecule has 3 rings (SSSR count). The Hall–Kier alpha value is -1.94. The van der Waals surface area contributed by atoms with Crippen molar-refractivity contribution in [1.82, 2.24) is 9.55 Å².